The molecule has 0 heterocycles. The molecule has 0 aliphatic rings. The highest BCUT2D eigenvalue weighted by Gasteiger charge is 2.30. The highest BCUT2D eigenvalue weighted by atomic mass is 35.5. The van der Waals surface area contributed by atoms with E-state index in [1.807, 2.05) is 0 Å². The second kappa shape index (κ2) is 7.57. The van der Waals surface area contributed by atoms with Gasteiger partial charge in [0.2, 0.25) is 0 Å². The minimum absolute atomic E-state index is 0.0288. The molecule has 1 amide bonds. The van der Waals surface area contributed by atoms with Crippen molar-refractivity contribution < 1.29 is 22.7 Å². The molecule has 0 radical (unpaired) electrons. The molecule has 1 unspecified atom stereocenters. The van der Waals surface area contributed by atoms with Crippen LogP contribution in [0.4, 0.5) is 13.2 Å². The van der Waals surface area contributed by atoms with Gasteiger partial charge >= 0.3 is 6.18 Å². The van der Waals surface area contributed by atoms with E-state index in [4.69, 9.17) is 16.3 Å². The zero-order valence-corrected chi connectivity index (χ0v) is 13.5. The van der Waals surface area contributed by atoms with Crippen LogP contribution in [0.3, 0.4) is 0 Å². The van der Waals surface area contributed by atoms with Crippen molar-refractivity contribution in [1.29, 1.82) is 0 Å². The van der Waals surface area contributed by atoms with E-state index in [0.29, 0.717) is 16.3 Å². The van der Waals surface area contributed by atoms with Crippen molar-refractivity contribution in [2.45, 2.75) is 25.7 Å². The summed E-state index contributed by atoms with van der Waals surface area (Å²) >= 11 is 5.94. The van der Waals surface area contributed by atoms with Gasteiger partial charge in [-0.3, -0.25) is 4.79 Å². The number of carbonyl (C=O) groups is 1. The van der Waals surface area contributed by atoms with Crippen molar-refractivity contribution in [2.75, 3.05) is 0 Å². The largest absolute Gasteiger partial charge is 0.479 e. The maximum absolute atomic E-state index is 12.7. The molecule has 0 aliphatic carbocycles. The summed E-state index contributed by atoms with van der Waals surface area (Å²) < 4.78 is 43.4. The lowest BCUT2D eigenvalue weighted by Gasteiger charge is -2.16. The number of benzene rings is 2. The summed E-state index contributed by atoms with van der Waals surface area (Å²) in [6.45, 7) is 1.50. The topological polar surface area (TPSA) is 38.3 Å². The minimum atomic E-state index is -4.42. The van der Waals surface area contributed by atoms with E-state index < -0.39 is 23.8 Å². The van der Waals surface area contributed by atoms with Crippen LogP contribution in [-0.4, -0.2) is 12.0 Å². The molecule has 0 aromatic heterocycles. The normalized spacial score (nSPS) is 12.5. The summed E-state index contributed by atoms with van der Waals surface area (Å²) in [6.07, 6.45) is -5.25. The number of alkyl halides is 3. The third kappa shape index (κ3) is 4.89. The van der Waals surface area contributed by atoms with E-state index in [2.05, 4.69) is 5.32 Å². The fraction of sp³-hybridized carbons (Fsp3) is 0.235. The van der Waals surface area contributed by atoms with Gasteiger partial charge in [-0.1, -0.05) is 35.9 Å². The van der Waals surface area contributed by atoms with Crippen molar-refractivity contribution in [3.63, 3.8) is 0 Å². The molecule has 2 rings (SSSR count). The summed E-state index contributed by atoms with van der Waals surface area (Å²) in [5.74, 6) is -0.0896. The fourth-order valence-electron chi connectivity index (χ4n) is 1.97. The van der Waals surface area contributed by atoms with Gasteiger partial charge in [0.25, 0.3) is 5.91 Å². The average Bonchev–Trinajstić information content (AvgIpc) is 2.54. The van der Waals surface area contributed by atoms with Crippen LogP contribution in [0.1, 0.15) is 18.1 Å². The fourth-order valence-corrected chi connectivity index (χ4v) is 2.16. The van der Waals surface area contributed by atoms with Crippen LogP contribution in [0.2, 0.25) is 5.02 Å². The van der Waals surface area contributed by atoms with Gasteiger partial charge in [0.05, 0.1) is 10.6 Å². The molecule has 0 saturated heterocycles. The molecule has 0 aliphatic heterocycles. The summed E-state index contributed by atoms with van der Waals surface area (Å²) in [5, 5.41) is 2.91. The summed E-state index contributed by atoms with van der Waals surface area (Å²) in [7, 11) is 0. The molecule has 7 heteroatoms. The molecule has 0 saturated carbocycles. The lowest BCUT2D eigenvalue weighted by Crippen LogP contribution is -2.36. The molecule has 1 N–H and O–H groups in total. The predicted octanol–water partition coefficient (Wildman–Crippen LogP) is 4.44. The molecule has 128 valence electrons. The molecular weight excluding hydrogens is 343 g/mol. The molecule has 2 aromatic rings. The second-order valence-corrected chi connectivity index (χ2v) is 5.51. The minimum Gasteiger partial charge on any atom is -0.479 e. The quantitative estimate of drug-likeness (QED) is 0.859. The third-order valence-corrected chi connectivity index (χ3v) is 3.54. The summed E-state index contributed by atoms with van der Waals surface area (Å²) in [5.41, 5.74) is -0.405. The monoisotopic (exact) mass is 357 g/mol. The smallest absolute Gasteiger partial charge is 0.416 e. The first-order valence-electron chi connectivity index (χ1n) is 7.12. The van der Waals surface area contributed by atoms with E-state index >= 15 is 0 Å². The van der Waals surface area contributed by atoms with Crippen LogP contribution >= 0.6 is 11.6 Å². The number of halogens is 4. The molecule has 3 nitrogen and oxygen atoms in total. The van der Waals surface area contributed by atoms with Crippen molar-refractivity contribution in [1.82, 2.24) is 5.32 Å². The Morgan fingerprint density at radius 2 is 1.92 bits per heavy atom. The Morgan fingerprint density at radius 1 is 1.21 bits per heavy atom. The first-order chi connectivity index (χ1) is 11.3. The molecule has 2 aromatic carbocycles. The van der Waals surface area contributed by atoms with E-state index in [9.17, 15) is 18.0 Å². The highest BCUT2D eigenvalue weighted by molar-refractivity contribution is 6.32. The van der Waals surface area contributed by atoms with Crippen molar-refractivity contribution >= 4 is 17.5 Å². The van der Waals surface area contributed by atoms with Gasteiger partial charge in [-0.2, -0.15) is 13.2 Å². The highest BCUT2D eigenvalue weighted by Crippen LogP contribution is 2.29. The molecule has 0 bridgehead atoms. The molecular formula is C17H15ClF3NO2. The number of rotatable bonds is 5. The average molecular weight is 358 g/mol. The number of ether oxygens (including phenoxy) is 1. The van der Waals surface area contributed by atoms with Crippen LogP contribution < -0.4 is 10.1 Å². The van der Waals surface area contributed by atoms with Gasteiger partial charge in [-0.15, -0.1) is 0 Å². The second-order valence-electron chi connectivity index (χ2n) is 5.11. The number of nitrogens with one attached hydrogen (secondary N) is 1. The Morgan fingerprint density at radius 3 is 2.58 bits per heavy atom. The van der Waals surface area contributed by atoms with E-state index in [-0.39, 0.29) is 6.54 Å². The van der Waals surface area contributed by atoms with Gasteiger partial charge in [0.1, 0.15) is 5.75 Å². The number of hydrogen-bond acceptors (Lipinski definition) is 2. The molecule has 0 fully saturated rings. The Kier molecular flexibility index (Phi) is 5.72. The van der Waals surface area contributed by atoms with Crippen molar-refractivity contribution in [2.24, 2.45) is 0 Å². The van der Waals surface area contributed by atoms with Crippen molar-refractivity contribution in [3.8, 4) is 5.75 Å². The number of carbonyl (C=O) groups excluding carboxylic acids is 1. The maximum Gasteiger partial charge on any atom is 0.416 e. The van der Waals surface area contributed by atoms with Gasteiger partial charge in [-0.25, -0.2) is 0 Å². The van der Waals surface area contributed by atoms with Gasteiger partial charge in [0, 0.05) is 6.54 Å². The van der Waals surface area contributed by atoms with Crippen LogP contribution in [0.5, 0.6) is 5.75 Å². The number of hydrogen-bond donors (Lipinski definition) is 1. The van der Waals surface area contributed by atoms with Crippen LogP contribution in [-0.2, 0) is 17.5 Å². The Hall–Kier alpha value is -2.21. The number of para-hydroxylation sites is 1. The number of amides is 1. The molecule has 1 atom stereocenters. The zero-order valence-electron chi connectivity index (χ0n) is 12.7. The molecule has 24 heavy (non-hydrogen) atoms. The van der Waals surface area contributed by atoms with Gasteiger partial charge < -0.3 is 10.1 Å². The summed E-state index contributed by atoms with van der Waals surface area (Å²) in [6, 6.07) is 11.5. The lowest BCUT2D eigenvalue weighted by molar-refractivity contribution is -0.137. The Bertz CT molecular complexity index is 719. The van der Waals surface area contributed by atoms with Crippen LogP contribution in [0, 0.1) is 0 Å². The third-order valence-electron chi connectivity index (χ3n) is 3.23. The Balaban J connectivity index is 1.94. The first-order valence-corrected chi connectivity index (χ1v) is 7.50. The Labute approximate surface area is 142 Å². The van der Waals surface area contributed by atoms with E-state index in [1.54, 1.807) is 24.3 Å². The SMILES string of the molecule is CC(Oc1ccccc1Cl)C(=O)NCc1cccc(C(F)(F)F)c1. The zero-order chi connectivity index (χ0) is 17.7. The van der Waals surface area contributed by atoms with Gasteiger partial charge in [0.15, 0.2) is 6.10 Å². The van der Waals surface area contributed by atoms with Crippen LogP contribution in [0.15, 0.2) is 48.5 Å². The van der Waals surface area contributed by atoms with Crippen LogP contribution in [0.25, 0.3) is 0 Å². The molecule has 0 spiro atoms. The van der Waals surface area contributed by atoms with E-state index in [1.165, 1.54) is 19.1 Å². The predicted molar refractivity (Wildman–Crippen MR) is 84.8 cm³/mol. The maximum atomic E-state index is 12.7. The van der Waals surface area contributed by atoms with E-state index in [0.717, 1.165) is 12.1 Å². The summed E-state index contributed by atoms with van der Waals surface area (Å²) in [4.78, 5) is 12.0. The first kappa shape index (κ1) is 18.1. The van der Waals surface area contributed by atoms with Gasteiger partial charge in [-0.05, 0) is 36.8 Å². The standard InChI is InChI=1S/C17H15ClF3NO2/c1-11(24-15-8-3-2-7-14(15)18)16(23)22-10-12-5-4-6-13(9-12)17(19,20)21/h2-9,11H,10H2,1H3,(H,22,23). The lowest BCUT2D eigenvalue weighted by atomic mass is 10.1. The van der Waals surface area contributed by atoms with Crippen molar-refractivity contribution in [3.05, 3.63) is 64.7 Å².